The molecule has 14 heavy (non-hydrogen) atoms. The van der Waals surface area contributed by atoms with Crippen molar-refractivity contribution in [3.63, 3.8) is 0 Å². The van der Waals surface area contributed by atoms with Gasteiger partial charge < -0.3 is 0 Å². The minimum Gasteiger partial charge on any atom is -0.0830 e. The van der Waals surface area contributed by atoms with Crippen molar-refractivity contribution in [2.24, 2.45) is 0 Å². The van der Waals surface area contributed by atoms with Crippen molar-refractivity contribution < 1.29 is 0 Å². The van der Waals surface area contributed by atoms with Gasteiger partial charge in [0, 0.05) is 5.92 Å². The fraction of sp³-hybridized carbons (Fsp3) is 0.357. The van der Waals surface area contributed by atoms with Crippen LogP contribution < -0.4 is 0 Å². The van der Waals surface area contributed by atoms with Gasteiger partial charge in [-0.05, 0) is 36.0 Å². The summed E-state index contributed by atoms with van der Waals surface area (Å²) in [6, 6.07) is 6.87. The minimum atomic E-state index is 1.13. The van der Waals surface area contributed by atoms with Crippen LogP contribution in [0.25, 0.3) is 6.08 Å². The van der Waals surface area contributed by atoms with E-state index in [2.05, 4.69) is 44.2 Å². The van der Waals surface area contributed by atoms with E-state index in [-0.39, 0.29) is 0 Å². The average molecular weight is 185 g/mol. The summed E-state index contributed by atoms with van der Waals surface area (Å²) in [4.78, 5) is 0. The van der Waals surface area contributed by atoms with Gasteiger partial charge in [0.25, 0.3) is 0 Å². The van der Waals surface area contributed by atoms with Crippen LogP contribution in [0.15, 0.2) is 24.3 Å². The molecule has 73 valence electrons. The molecule has 0 saturated carbocycles. The van der Waals surface area contributed by atoms with Crippen molar-refractivity contribution in [2.45, 2.75) is 33.1 Å². The number of benzene rings is 1. The number of fused-ring (bicyclic) bond motifs is 1. The molecule has 0 N–H and O–H groups in total. The molecule has 0 bridgehead atoms. The standard InChI is InChI=1S/C14H17/c1-3-11-8-9-14-12(4-2)6-5-7-13(14)10-11/h5,7-10H,3-4,6H2,1-2H3. The molecule has 0 unspecified atom stereocenters. The van der Waals surface area contributed by atoms with Crippen molar-refractivity contribution in [2.75, 3.05) is 0 Å². The molecule has 0 amide bonds. The molecule has 0 aliphatic heterocycles. The third-order valence-corrected chi connectivity index (χ3v) is 2.99. The zero-order valence-electron chi connectivity index (χ0n) is 9.01. The Labute approximate surface area is 86.7 Å². The van der Waals surface area contributed by atoms with Crippen molar-refractivity contribution in [3.05, 3.63) is 46.9 Å². The molecule has 1 aliphatic carbocycles. The molecule has 0 heterocycles. The predicted molar refractivity (Wildman–Crippen MR) is 62.1 cm³/mol. The largest absolute Gasteiger partial charge is 0.0830 e. The number of aryl methyl sites for hydroxylation is 1. The van der Waals surface area contributed by atoms with Crippen LogP contribution in [0.5, 0.6) is 0 Å². The Morgan fingerprint density at radius 2 is 2.00 bits per heavy atom. The number of rotatable bonds is 2. The molecule has 1 aromatic carbocycles. The second-order valence-corrected chi connectivity index (χ2v) is 3.84. The van der Waals surface area contributed by atoms with Gasteiger partial charge in [-0.2, -0.15) is 0 Å². The van der Waals surface area contributed by atoms with Crippen molar-refractivity contribution in [1.29, 1.82) is 0 Å². The van der Waals surface area contributed by atoms with Gasteiger partial charge >= 0.3 is 0 Å². The number of hydrogen-bond donors (Lipinski definition) is 0. The maximum Gasteiger partial charge on any atom is 0.00907 e. The first-order valence-electron chi connectivity index (χ1n) is 5.49. The molecule has 1 radical (unpaired) electrons. The maximum absolute atomic E-state index is 2.32. The third-order valence-electron chi connectivity index (χ3n) is 2.99. The molecule has 0 heteroatoms. The van der Waals surface area contributed by atoms with Crippen molar-refractivity contribution in [1.82, 2.24) is 0 Å². The van der Waals surface area contributed by atoms with Crippen LogP contribution in [0.2, 0.25) is 0 Å². The Balaban J connectivity index is 2.42. The van der Waals surface area contributed by atoms with Crippen LogP contribution in [-0.4, -0.2) is 0 Å². The summed E-state index contributed by atoms with van der Waals surface area (Å²) in [6.45, 7) is 4.45. The summed E-state index contributed by atoms with van der Waals surface area (Å²) in [5.41, 5.74) is 4.31. The Hall–Kier alpha value is -1.04. The van der Waals surface area contributed by atoms with E-state index < -0.39 is 0 Å². The van der Waals surface area contributed by atoms with Crippen LogP contribution >= 0.6 is 0 Å². The molecular weight excluding hydrogens is 168 g/mol. The molecule has 0 saturated heterocycles. The van der Waals surface area contributed by atoms with Crippen LogP contribution in [0.4, 0.5) is 0 Å². The molecular formula is C14H17. The molecule has 1 aliphatic rings. The van der Waals surface area contributed by atoms with E-state index in [0.717, 1.165) is 12.8 Å². The van der Waals surface area contributed by atoms with Crippen molar-refractivity contribution >= 4 is 6.08 Å². The van der Waals surface area contributed by atoms with E-state index in [1.807, 2.05) is 0 Å². The summed E-state index contributed by atoms with van der Waals surface area (Å²) in [6.07, 6.45) is 7.97. The Kier molecular flexibility index (Phi) is 2.72. The zero-order chi connectivity index (χ0) is 9.97. The van der Waals surface area contributed by atoms with Gasteiger partial charge in [-0.1, -0.05) is 44.2 Å². The Morgan fingerprint density at radius 3 is 2.71 bits per heavy atom. The van der Waals surface area contributed by atoms with Crippen LogP contribution in [0, 0.1) is 5.92 Å². The average Bonchev–Trinajstić information content (AvgIpc) is 2.27. The van der Waals surface area contributed by atoms with E-state index in [1.54, 1.807) is 5.92 Å². The highest BCUT2D eigenvalue weighted by Gasteiger charge is 2.15. The molecule has 0 aromatic heterocycles. The van der Waals surface area contributed by atoms with E-state index in [9.17, 15) is 0 Å². The first-order valence-corrected chi connectivity index (χ1v) is 5.49. The predicted octanol–water partition coefficient (Wildman–Crippen LogP) is 4.00. The van der Waals surface area contributed by atoms with Gasteiger partial charge in [-0.25, -0.2) is 0 Å². The van der Waals surface area contributed by atoms with Gasteiger partial charge in [-0.3, -0.25) is 0 Å². The highest BCUT2D eigenvalue weighted by Crippen LogP contribution is 2.31. The highest BCUT2D eigenvalue weighted by molar-refractivity contribution is 5.62. The second kappa shape index (κ2) is 4.00. The third kappa shape index (κ3) is 1.61. The lowest BCUT2D eigenvalue weighted by Gasteiger charge is -2.20. The molecule has 1 aromatic rings. The van der Waals surface area contributed by atoms with Crippen LogP contribution in [0.1, 0.15) is 43.4 Å². The molecule has 0 spiro atoms. The van der Waals surface area contributed by atoms with E-state index >= 15 is 0 Å². The number of allylic oxidation sites excluding steroid dienone is 1. The van der Waals surface area contributed by atoms with E-state index in [1.165, 1.54) is 23.1 Å². The molecule has 0 nitrogen and oxygen atoms in total. The van der Waals surface area contributed by atoms with Crippen LogP contribution in [0.3, 0.4) is 0 Å². The topological polar surface area (TPSA) is 0 Å². The lowest BCUT2D eigenvalue weighted by Crippen LogP contribution is -2.04. The monoisotopic (exact) mass is 185 g/mol. The first-order chi connectivity index (χ1) is 6.85. The van der Waals surface area contributed by atoms with Gasteiger partial charge in [0.05, 0.1) is 0 Å². The summed E-state index contributed by atoms with van der Waals surface area (Å²) < 4.78 is 0. The first kappa shape index (κ1) is 9.51. The quantitative estimate of drug-likeness (QED) is 0.653. The fourth-order valence-electron chi connectivity index (χ4n) is 2.06. The van der Waals surface area contributed by atoms with Gasteiger partial charge in [0.1, 0.15) is 0 Å². The Bertz CT molecular complexity index is 347. The van der Waals surface area contributed by atoms with E-state index in [0.29, 0.717) is 0 Å². The fourth-order valence-corrected chi connectivity index (χ4v) is 2.06. The maximum atomic E-state index is 2.32. The molecule has 2 rings (SSSR count). The summed E-state index contributed by atoms with van der Waals surface area (Å²) in [5, 5.41) is 0. The number of hydrogen-bond acceptors (Lipinski definition) is 0. The van der Waals surface area contributed by atoms with Gasteiger partial charge in [0.15, 0.2) is 0 Å². The van der Waals surface area contributed by atoms with Gasteiger partial charge in [-0.15, -0.1) is 0 Å². The summed E-state index contributed by atoms with van der Waals surface area (Å²) in [5.74, 6) is 1.57. The Morgan fingerprint density at radius 1 is 1.14 bits per heavy atom. The molecule has 0 atom stereocenters. The smallest absolute Gasteiger partial charge is 0.00907 e. The second-order valence-electron chi connectivity index (χ2n) is 3.84. The van der Waals surface area contributed by atoms with E-state index in [4.69, 9.17) is 0 Å². The lowest BCUT2D eigenvalue weighted by atomic mass is 9.84. The summed E-state index contributed by atoms with van der Waals surface area (Å²) >= 11 is 0. The lowest BCUT2D eigenvalue weighted by molar-refractivity contribution is 0.883. The van der Waals surface area contributed by atoms with Crippen LogP contribution in [-0.2, 0) is 6.42 Å². The highest BCUT2D eigenvalue weighted by atomic mass is 14.2. The molecule has 0 fully saturated rings. The minimum absolute atomic E-state index is 1.13. The zero-order valence-corrected chi connectivity index (χ0v) is 9.01. The van der Waals surface area contributed by atoms with Gasteiger partial charge in [0.2, 0.25) is 0 Å². The summed E-state index contributed by atoms with van der Waals surface area (Å²) in [7, 11) is 0. The normalized spacial score (nSPS) is 15.6. The SMILES string of the molecule is CC[C]1CC=Cc2cc(CC)ccc21. The van der Waals surface area contributed by atoms with Crippen molar-refractivity contribution in [3.8, 4) is 0 Å².